The predicted molar refractivity (Wildman–Crippen MR) is 83.0 cm³/mol. The van der Waals surface area contributed by atoms with E-state index in [1.807, 2.05) is 0 Å². The number of rotatable bonds is 5. The second-order valence-corrected chi connectivity index (χ2v) is 5.21. The van der Waals surface area contributed by atoms with Gasteiger partial charge in [-0.15, -0.1) is 0 Å². The van der Waals surface area contributed by atoms with Crippen LogP contribution in [0.25, 0.3) is 0 Å². The highest BCUT2D eigenvalue weighted by molar-refractivity contribution is 5.97. The fourth-order valence-electron chi connectivity index (χ4n) is 2.27. The highest BCUT2D eigenvalue weighted by atomic mass is 19.1. The van der Waals surface area contributed by atoms with Crippen LogP contribution in [-0.2, 0) is 4.79 Å². The van der Waals surface area contributed by atoms with Gasteiger partial charge in [-0.2, -0.15) is 0 Å². The minimum atomic E-state index is -0.526. The topological polar surface area (TPSA) is 61.8 Å². The Morgan fingerprint density at radius 3 is 2.42 bits per heavy atom. The van der Waals surface area contributed by atoms with E-state index in [2.05, 4.69) is 0 Å². The van der Waals surface area contributed by atoms with Crippen LogP contribution in [0.15, 0.2) is 42.5 Å². The molecule has 1 aliphatic rings. The van der Waals surface area contributed by atoms with E-state index in [0.717, 1.165) is 0 Å². The van der Waals surface area contributed by atoms with E-state index in [0.29, 0.717) is 36.0 Å². The molecule has 2 aromatic rings. The Morgan fingerprint density at radius 2 is 1.67 bits per heavy atom. The SMILES string of the molecule is O=C(CCC(=O)c1ccc(F)cc1)Oc1ccc2c(c1)OCCO2. The molecular weight excluding hydrogens is 315 g/mol. The number of Topliss-reactive ketones (excluding diaryl/α,β-unsaturated/α-hetero) is 1. The first-order chi connectivity index (χ1) is 11.6. The summed E-state index contributed by atoms with van der Waals surface area (Å²) < 4.78 is 28.8. The number of carbonyl (C=O) groups is 2. The Kier molecular flexibility index (Phi) is 4.74. The molecule has 0 saturated carbocycles. The summed E-state index contributed by atoms with van der Waals surface area (Å²) in [6.45, 7) is 0.925. The Morgan fingerprint density at radius 1 is 0.958 bits per heavy atom. The van der Waals surface area contributed by atoms with Gasteiger partial charge < -0.3 is 14.2 Å². The summed E-state index contributed by atoms with van der Waals surface area (Å²) in [4.78, 5) is 23.8. The first-order valence-electron chi connectivity index (χ1n) is 7.51. The Bertz CT molecular complexity index is 755. The second-order valence-electron chi connectivity index (χ2n) is 5.21. The summed E-state index contributed by atoms with van der Waals surface area (Å²) >= 11 is 0. The number of ether oxygens (including phenoxy) is 3. The normalized spacial score (nSPS) is 12.5. The number of ketones is 1. The van der Waals surface area contributed by atoms with Crippen molar-refractivity contribution >= 4 is 11.8 Å². The maximum absolute atomic E-state index is 12.8. The van der Waals surface area contributed by atoms with Crippen LogP contribution >= 0.6 is 0 Å². The molecule has 0 saturated heterocycles. The second kappa shape index (κ2) is 7.12. The van der Waals surface area contributed by atoms with Crippen LogP contribution in [0, 0.1) is 5.82 Å². The lowest BCUT2D eigenvalue weighted by molar-refractivity contribution is -0.134. The quantitative estimate of drug-likeness (QED) is 0.479. The van der Waals surface area contributed by atoms with Crippen LogP contribution in [0.2, 0.25) is 0 Å². The Balaban J connectivity index is 1.54. The predicted octanol–water partition coefficient (Wildman–Crippen LogP) is 3.17. The molecule has 0 atom stereocenters. The molecule has 2 aromatic carbocycles. The summed E-state index contributed by atoms with van der Waals surface area (Å²) in [5.74, 6) is 0.279. The molecule has 0 aromatic heterocycles. The van der Waals surface area contributed by atoms with E-state index in [-0.39, 0.29) is 18.6 Å². The van der Waals surface area contributed by atoms with Crippen molar-refractivity contribution in [2.45, 2.75) is 12.8 Å². The molecule has 0 unspecified atom stereocenters. The van der Waals surface area contributed by atoms with E-state index < -0.39 is 11.8 Å². The van der Waals surface area contributed by atoms with E-state index in [1.165, 1.54) is 24.3 Å². The smallest absolute Gasteiger partial charge is 0.311 e. The molecule has 0 spiro atoms. The Labute approximate surface area is 138 Å². The van der Waals surface area contributed by atoms with Crippen molar-refractivity contribution in [1.82, 2.24) is 0 Å². The molecule has 5 nitrogen and oxygen atoms in total. The summed E-state index contributed by atoms with van der Waals surface area (Å²) in [6.07, 6.45) is -0.0698. The van der Waals surface area contributed by atoms with Gasteiger partial charge in [0.05, 0.1) is 6.42 Å². The molecule has 0 aliphatic carbocycles. The van der Waals surface area contributed by atoms with Gasteiger partial charge in [0, 0.05) is 18.1 Å². The molecule has 3 rings (SSSR count). The Hall–Kier alpha value is -2.89. The number of benzene rings is 2. The molecule has 0 N–H and O–H groups in total. The fraction of sp³-hybridized carbons (Fsp3) is 0.222. The van der Waals surface area contributed by atoms with Crippen LogP contribution < -0.4 is 14.2 Å². The van der Waals surface area contributed by atoms with Gasteiger partial charge in [-0.25, -0.2) is 4.39 Å². The first-order valence-corrected chi connectivity index (χ1v) is 7.51. The van der Waals surface area contributed by atoms with Gasteiger partial charge in [-0.1, -0.05) is 0 Å². The van der Waals surface area contributed by atoms with Crippen molar-refractivity contribution in [3.63, 3.8) is 0 Å². The van der Waals surface area contributed by atoms with Crippen LogP contribution in [-0.4, -0.2) is 25.0 Å². The third kappa shape index (κ3) is 3.90. The monoisotopic (exact) mass is 330 g/mol. The zero-order chi connectivity index (χ0) is 16.9. The minimum Gasteiger partial charge on any atom is -0.486 e. The van der Waals surface area contributed by atoms with Crippen LogP contribution in [0.5, 0.6) is 17.2 Å². The average molecular weight is 330 g/mol. The molecule has 1 heterocycles. The van der Waals surface area contributed by atoms with Crippen LogP contribution in [0.4, 0.5) is 4.39 Å². The molecule has 0 bridgehead atoms. The largest absolute Gasteiger partial charge is 0.486 e. The molecule has 6 heteroatoms. The number of halogens is 1. The summed E-state index contributed by atoms with van der Waals surface area (Å²) in [6, 6.07) is 10.1. The van der Waals surface area contributed by atoms with Gasteiger partial charge in [0.25, 0.3) is 0 Å². The van der Waals surface area contributed by atoms with Crippen molar-refractivity contribution in [1.29, 1.82) is 0 Å². The molecule has 1 aliphatic heterocycles. The molecule has 0 amide bonds. The highest BCUT2D eigenvalue weighted by Crippen LogP contribution is 2.33. The third-order valence-corrected chi connectivity index (χ3v) is 3.47. The van der Waals surface area contributed by atoms with Crippen molar-refractivity contribution in [3.05, 3.63) is 53.8 Å². The van der Waals surface area contributed by atoms with Crippen molar-refractivity contribution < 1.29 is 28.2 Å². The number of esters is 1. The minimum absolute atomic E-state index is 0.00494. The molecule has 124 valence electrons. The molecule has 0 fully saturated rings. The number of hydrogen-bond donors (Lipinski definition) is 0. The lowest BCUT2D eigenvalue weighted by atomic mass is 10.1. The van der Waals surface area contributed by atoms with E-state index in [9.17, 15) is 14.0 Å². The summed E-state index contributed by atoms with van der Waals surface area (Å²) in [7, 11) is 0. The number of carbonyl (C=O) groups excluding carboxylic acids is 2. The zero-order valence-corrected chi connectivity index (χ0v) is 12.8. The van der Waals surface area contributed by atoms with E-state index >= 15 is 0 Å². The van der Waals surface area contributed by atoms with Gasteiger partial charge >= 0.3 is 5.97 Å². The lowest BCUT2D eigenvalue weighted by Gasteiger charge is -2.18. The maximum Gasteiger partial charge on any atom is 0.311 e. The highest BCUT2D eigenvalue weighted by Gasteiger charge is 2.15. The number of fused-ring (bicyclic) bond motifs is 1. The van der Waals surface area contributed by atoms with Crippen LogP contribution in [0.1, 0.15) is 23.2 Å². The van der Waals surface area contributed by atoms with Gasteiger partial charge in [0.1, 0.15) is 24.8 Å². The molecule has 0 radical (unpaired) electrons. The van der Waals surface area contributed by atoms with Crippen LogP contribution in [0.3, 0.4) is 0 Å². The lowest BCUT2D eigenvalue weighted by Crippen LogP contribution is -2.15. The van der Waals surface area contributed by atoms with Crippen molar-refractivity contribution in [3.8, 4) is 17.2 Å². The zero-order valence-electron chi connectivity index (χ0n) is 12.8. The van der Waals surface area contributed by atoms with Gasteiger partial charge in [-0.3, -0.25) is 9.59 Å². The van der Waals surface area contributed by atoms with E-state index in [4.69, 9.17) is 14.2 Å². The van der Waals surface area contributed by atoms with E-state index in [1.54, 1.807) is 18.2 Å². The number of hydrogen-bond acceptors (Lipinski definition) is 5. The van der Waals surface area contributed by atoms with Crippen molar-refractivity contribution in [2.75, 3.05) is 13.2 Å². The molecule has 24 heavy (non-hydrogen) atoms. The molecular formula is C18H15FO5. The summed E-state index contributed by atoms with van der Waals surface area (Å²) in [5.41, 5.74) is 0.364. The maximum atomic E-state index is 12.8. The van der Waals surface area contributed by atoms with Gasteiger partial charge in [-0.05, 0) is 36.4 Å². The van der Waals surface area contributed by atoms with Crippen molar-refractivity contribution in [2.24, 2.45) is 0 Å². The first kappa shape index (κ1) is 16.0. The van der Waals surface area contributed by atoms with Gasteiger partial charge in [0.2, 0.25) is 0 Å². The van der Waals surface area contributed by atoms with Gasteiger partial charge in [0.15, 0.2) is 17.3 Å². The third-order valence-electron chi connectivity index (χ3n) is 3.47. The standard InChI is InChI=1S/C18H15FO5/c19-13-3-1-12(2-4-13)15(20)6-8-18(21)24-14-5-7-16-17(11-14)23-10-9-22-16/h1-5,7,11H,6,8-10H2. The summed E-state index contributed by atoms with van der Waals surface area (Å²) in [5, 5.41) is 0. The fourth-order valence-corrected chi connectivity index (χ4v) is 2.27. The average Bonchev–Trinajstić information content (AvgIpc) is 2.60.